The predicted octanol–water partition coefficient (Wildman–Crippen LogP) is 2.70. The molecule has 4 heteroatoms. The van der Waals surface area contributed by atoms with Crippen molar-refractivity contribution < 1.29 is 9.13 Å². The molecule has 1 rings (SSSR count). The van der Waals surface area contributed by atoms with Crippen LogP contribution in [-0.4, -0.2) is 12.1 Å². The fourth-order valence-corrected chi connectivity index (χ4v) is 1.22. The molecule has 0 aromatic heterocycles. The second-order valence-electron chi connectivity index (χ2n) is 3.26. The summed E-state index contributed by atoms with van der Waals surface area (Å²) in [4.78, 5) is 0. The second kappa shape index (κ2) is 4.75. The Hall–Kier alpha value is -0.610. The Labute approximate surface area is 91.4 Å². The first-order chi connectivity index (χ1) is 6.50. The number of halogens is 2. The minimum absolute atomic E-state index is 0.0924. The number of ether oxygens (including phenoxy) is 1. The molecule has 1 unspecified atom stereocenters. The maximum absolute atomic E-state index is 12.9. The molecule has 0 amide bonds. The van der Waals surface area contributed by atoms with Gasteiger partial charge in [0.1, 0.15) is 17.7 Å². The summed E-state index contributed by atoms with van der Waals surface area (Å²) in [5.74, 6) is 0.162. The molecule has 0 bridgehead atoms. The van der Waals surface area contributed by atoms with Crippen molar-refractivity contribution in [2.45, 2.75) is 26.0 Å². The maximum Gasteiger partial charge on any atom is 0.136 e. The fourth-order valence-electron chi connectivity index (χ4n) is 0.875. The smallest absolute Gasteiger partial charge is 0.136 e. The van der Waals surface area contributed by atoms with E-state index in [1.54, 1.807) is 6.07 Å². The van der Waals surface area contributed by atoms with E-state index in [1.165, 1.54) is 12.1 Å². The van der Waals surface area contributed by atoms with Gasteiger partial charge in [0.15, 0.2) is 0 Å². The van der Waals surface area contributed by atoms with Crippen LogP contribution in [0, 0.1) is 5.82 Å². The van der Waals surface area contributed by atoms with Crippen LogP contribution in [0.25, 0.3) is 0 Å². The Balaban J connectivity index is 2.80. The summed E-state index contributed by atoms with van der Waals surface area (Å²) in [6.45, 7) is 3.69. The van der Waals surface area contributed by atoms with Crippen LogP contribution in [0.4, 0.5) is 4.39 Å². The van der Waals surface area contributed by atoms with Gasteiger partial charge in [-0.15, -0.1) is 0 Å². The summed E-state index contributed by atoms with van der Waals surface area (Å²) < 4.78 is 19.1. The van der Waals surface area contributed by atoms with Crippen LogP contribution in [0.2, 0.25) is 0 Å². The predicted molar refractivity (Wildman–Crippen MR) is 57.8 cm³/mol. The van der Waals surface area contributed by atoms with Gasteiger partial charge in [-0.05, 0) is 41.9 Å². The third-order valence-corrected chi connectivity index (χ3v) is 2.60. The van der Waals surface area contributed by atoms with Crippen molar-refractivity contribution >= 4 is 15.9 Å². The lowest BCUT2D eigenvalue weighted by atomic mass is 10.2. The summed E-state index contributed by atoms with van der Waals surface area (Å²) in [6, 6.07) is 4.22. The van der Waals surface area contributed by atoms with Crippen molar-refractivity contribution in [2.75, 3.05) is 0 Å². The molecule has 0 aliphatic carbocycles. The molecule has 1 aromatic carbocycles. The minimum Gasteiger partial charge on any atom is -0.488 e. The molecular weight excluding hydrogens is 249 g/mol. The Morgan fingerprint density at radius 1 is 1.43 bits per heavy atom. The molecule has 14 heavy (non-hydrogen) atoms. The summed E-state index contributed by atoms with van der Waals surface area (Å²) in [5, 5.41) is 0. The third kappa shape index (κ3) is 2.96. The summed E-state index contributed by atoms with van der Waals surface area (Å²) in [6.07, 6.45) is -0.145. The highest BCUT2D eigenvalue weighted by Crippen LogP contribution is 2.26. The van der Waals surface area contributed by atoms with Crippen LogP contribution >= 0.6 is 15.9 Å². The number of hydrogen-bond donors (Lipinski definition) is 1. The van der Waals surface area contributed by atoms with Gasteiger partial charge in [0.05, 0.1) is 4.47 Å². The largest absolute Gasteiger partial charge is 0.488 e. The molecule has 2 atom stereocenters. The molecule has 0 radical (unpaired) electrons. The zero-order valence-corrected chi connectivity index (χ0v) is 9.71. The van der Waals surface area contributed by atoms with Crippen LogP contribution in [0.3, 0.4) is 0 Å². The first kappa shape index (κ1) is 11.5. The quantitative estimate of drug-likeness (QED) is 0.908. The van der Waals surface area contributed by atoms with Crippen LogP contribution in [-0.2, 0) is 0 Å². The normalized spacial score (nSPS) is 14.9. The second-order valence-corrected chi connectivity index (χ2v) is 4.11. The van der Waals surface area contributed by atoms with Crippen LogP contribution in [0.15, 0.2) is 22.7 Å². The highest BCUT2D eigenvalue weighted by molar-refractivity contribution is 9.10. The topological polar surface area (TPSA) is 35.2 Å². The van der Waals surface area contributed by atoms with Crippen LogP contribution in [0.1, 0.15) is 13.8 Å². The highest BCUT2D eigenvalue weighted by Gasteiger charge is 2.11. The number of hydrogen-bond acceptors (Lipinski definition) is 2. The lowest BCUT2D eigenvalue weighted by Crippen LogP contribution is -2.33. The van der Waals surface area contributed by atoms with Crippen molar-refractivity contribution in [2.24, 2.45) is 5.73 Å². The van der Waals surface area contributed by atoms with Gasteiger partial charge in [-0.25, -0.2) is 4.39 Å². The maximum atomic E-state index is 12.9. The van der Waals surface area contributed by atoms with E-state index in [9.17, 15) is 4.39 Å². The van der Waals surface area contributed by atoms with Gasteiger partial charge in [-0.3, -0.25) is 0 Å². The van der Waals surface area contributed by atoms with Gasteiger partial charge in [0, 0.05) is 12.1 Å². The Kier molecular flexibility index (Phi) is 3.89. The first-order valence-electron chi connectivity index (χ1n) is 4.38. The van der Waals surface area contributed by atoms with E-state index in [1.807, 2.05) is 13.8 Å². The van der Waals surface area contributed by atoms with Gasteiger partial charge < -0.3 is 10.5 Å². The third-order valence-electron chi connectivity index (χ3n) is 1.95. The fraction of sp³-hybridized carbons (Fsp3) is 0.400. The standard InChI is InChI=1S/C10H13BrFNO/c1-6(13)7(2)14-10-5-8(12)3-4-9(10)11/h3-7H,13H2,1-2H3/t6-,7?/m1/s1. The van der Waals surface area contributed by atoms with Crippen LogP contribution in [0.5, 0.6) is 5.75 Å². The van der Waals surface area contributed by atoms with E-state index in [4.69, 9.17) is 10.5 Å². The van der Waals surface area contributed by atoms with E-state index in [-0.39, 0.29) is 18.0 Å². The van der Waals surface area contributed by atoms with Gasteiger partial charge in [-0.1, -0.05) is 0 Å². The van der Waals surface area contributed by atoms with Gasteiger partial charge in [0.2, 0.25) is 0 Å². The summed E-state index contributed by atoms with van der Waals surface area (Å²) >= 11 is 3.28. The first-order valence-corrected chi connectivity index (χ1v) is 5.17. The molecule has 2 nitrogen and oxygen atoms in total. The molecule has 0 spiro atoms. The monoisotopic (exact) mass is 261 g/mol. The lowest BCUT2D eigenvalue weighted by Gasteiger charge is -2.18. The van der Waals surface area contributed by atoms with E-state index < -0.39 is 0 Å². The molecular formula is C10H13BrFNO. The van der Waals surface area contributed by atoms with Gasteiger partial charge in [-0.2, -0.15) is 0 Å². The molecule has 0 aliphatic heterocycles. The van der Waals surface area contributed by atoms with Crippen molar-refractivity contribution in [1.29, 1.82) is 0 Å². The van der Waals surface area contributed by atoms with Gasteiger partial charge in [0.25, 0.3) is 0 Å². The molecule has 0 aliphatic rings. The zero-order chi connectivity index (χ0) is 10.7. The zero-order valence-electron chi connectivity index (χ0n) is 8.13. The van der Waals surface area contributed by atoms with Crippen LogP contribution < -0.4 is 10.5 Å². The Morgan fingerprint density at radius 2 is 2.07 bits per heavy atom. The molecule has 0 saturated heterocycles. The number of benzene rings is 1. The van der Waals surface area contributed by atoms with E-state index in [2.05, 4.69) is 15.9 Å². The lowest BCUT2D eigenvalue weighted by molar-refractivity contribution is 0.194. The molecule has 0 fully saturated rings. The average molecular weight is 262 g/mol. The average Bonchev–Trinajstić information content (AvgIpc) is 2.11. The Bertz CT molecular complexity index is 317. The van der Waals surface area contributed by atoms with Crippen molar-refractivity contribution in [3.63, 3.8) is 0 Å². The number of rotatable bonds is 3. The van der Waals surface area contributed by atoms with Gasteiger partial charge >= 0.3 is 0 Å². The summed E-state index contributed by atoms with van der Waals surface area (Å²) in [7, 11) is 0. The molecule has 1 aromatic rings. The minimum atomic E-state index is -0.319. The van der Waals surface area contributed by atoms with Crippen molar-refractivity contribution in [1.82, 2.24) is 0 Å². The molecule has 78 valence electrons. The van der Waals surface area contributed by atoms with E-state index >= 15 is 0 Å². The summed E-state index contributed by atoms with van der Waals surface area (Å²) in [5.41, 5.74) is 5.64. The highest BCUT2D eigenvalue weighted by atomic mass is 79.9. The SMILES string of the molecule is CC(Oc1cc(F)ccc1Br)[C@@H](C)N. The molecule has 0 saturated carbocycles. The Morgan fingerprint density at radius 3 is 2.64 bits per heavy atom. The van der Waals surface area contributed by atoms with E-state index in [0.717, 1.165) is 4.47 Å². The molecule has 0 heterocycles. The van der Waals surface area contributed by atoms with Crippen molar-refractivity contribution in [3.8, 4) is 5.75 Å². The molecule has 2 N–H and O–H groups in total. The van der Waals surface area contributed by atoms with Crippen molar-refractivity contribution in [3.05, 3.63) is 28.5 Å². The van der Waals surface area contributed by atoms with E-state index in [0.29, 0.717) is 5.75 Å². The number of nitrogens with two attached hydrogens (primary N) is 1.